The second kappa shape index (κ2) is 11.0. The summed E-state index contributed by atoms with van der Waals surface area (Å²) in [6.45, 7) is 3.99. The Morgan fingerprint density at radius 3 is 2.23 bits per heavy atom. The Morgan fingerprint density at radius 2 is 1.70 bits per heavy atom. The van der Waals surface area contributed by atoms with E-state index in [2.05, 4.69) is 5.32 Å². The number of hydrogen-bond donors (Lipinski definition) is 2. The number of primary amides is 1. The molecule has 0 aromatic heterocycles. The lowest BCUT2D eigenvalue weighted by Crippen LogP contribution is -2.45. The summed E-state index contributed by atoms with van der Waals surface area (Å²) in [5.41, 5.74) is 6.91. The van der Waals surface area contributed by atoms with Crippen LogP contribution in [0.25, 0.3) is 0 Å². The van der Waals surface area contributed by atoms with Gasteiger partial charge in [0, 0.05) is 12.0 Å². The maximum absolute atomic E-state index is 13.4. The van der Waals surface area contributed by atoms with Crippen molar-refractivity contribution in [1.29, 1.82) is 0 Å². The van der Waals surface area contributed by atoms with Crippen LogP contribution in [0.2, 0.25) is 0 Å². The highest BCUT2D eigenvalue weighted by Crippen LogP contribution is 2.51. The Balaban J connectivity index is 2.06. The number of halogens is 1. The van der Waals surface area contributed by atoms with Crippen LogP contribution in [0.4, 0.5) is 4.39 Å². The molecular formula is C21H26FN2O5P. The van der Waals surface area contributed by atoms with Crippen LogP contribution < -0.4 is 11.1 Å². The van der Waals surface area contributed by atoms with Gasteiger partial charge in [-0.25, -0.2) is 4.39 Å². The lowest BCUT2D eigenvalue weighted by molar-refractivity contribution is -0.119. The van der Waals surface area contributed by atoms with Crippen molar-refractivity contribution < 1.29 is 27.6 Å². The minimum Gasteiger partial charge on any atom is -0.368 e. The highest BCUT2D eigenvalue weighted by molar-refractivity contribution is 7.53. The molecule has 0 spiro atoms. The van der Waals surface area contributed by atoms with Gasteiger partial charge in [-0.1, -0.05) is 24.3 Å². The summed E-state index contributed by atoms with van der Waals surface area (Å²) in [4.78, 5) is 24.3. The lowest BCUT2D eigenvalue weighted by Gasteiger charge is -2.17. The van der Waals surface area contributed by atoms with Gasteiger partial charge < -0.3 is 20.1 Å². The van der Waals surface area contributed by atoms with Crippen molar-refractivity contribution in [3.63, 3.8) is 0 Å². The number of amides is 2. The molecule has 0 aliphatic rings. The van der Waals surface area contributed by atoms with Crippen LogP contribution >= 0.6 is 7.60 Å². The van der Waals surface area contributed by atoms with Crippen molar-refractivity contribution >= 4 is 19.4 Å². The fourth-order valence-electron chi connectivity index (χ4n) is 2.87. The summed E-state index contributed by atoms with van der Waals surface area (Å²) in [5.74, 6) is -1.66. The first-order valence-electron chi connectivity index (χ1n) is 9.58. The second-order valence-corrected chi connectivity index (χ2v) is 8.62. The Morgan fingerprint density at radius 1 is 1.07 bits per heavy atom. The van der Waals surface area contributed by atoms with Crippen LogP contribution in [-0.4, -0.2) is 31.1 Å². The number of benzene rings is 2. The molecule has 2 aromatic carbocycles. The Labute approximate surface area is 175 Å². The zero-order valence-corrected chi connectivity index (χ0v) is 17.9. The molecule has 30 heavy (non-hydrogen) atoms. The van der Waals surface area contributed by atoms with E-state index in [0.29, 0.717) is 16.7 Å². The SMILES string of the molecule is CCOP(=O)(Cc1ccc(C(=O)N[C@H](Cc2cccc(F)c2)C(N)=O)cc1)OCC. The van der Waals surface area contributed by atoms with Gasteiger partial charge in [0.25, 0.3) is 5.91 Å². The van der Waals surface area contributed by atoms with E-state index in [1.165, 1.54) is 18.2 Å². The van der Waals surface area contributed by atoms with Gasteiger partial charge in [0.1, 0.15) is 11.9 Å². The fourth-order valence-corrected chi connectivity index (χ4v) is 4.57. The molecule has 2 rings (SSSR count). The maximum Gasteiger partial charge on any atom is 0.335 e. The molecule has 9 heteroatoms. The number of hydrogen-bond acceptors (Lipinski definition) is 5. The molecule has 0 radical (unpaired) electrons. The second-order valence-electron chi connectivity index (χ2n) is 6.56. The summed E-state index contributed by atoms with van der Waals surface area (Å²) >= 11 is 0. The molecule has 3 N–H and O–H groups in total. The highest BCUT2D eigenvalue weighted by Gasteiger charge is 2.24. The molecule has 0 bridgehead atoms. The average Bonchev–Trinajstić information content (AvgIpc) is 2.68. The topological polar surface area (TPSA) is 108 Å². The van der Waals surface area contributed by atoms with Gasteiger partial charge in [0.15, 0.2) is 0 Å². The third-order valence-electron chi connectivity index (χ3n) is 4.22. The number of nitrogens with two attached hydrogens (primary N) is 1. The number of rotatable bonds is 11. The Bertz CT molecular complexity index is 910. The molecule has 0 unspecified atom stereocenters. The van der Waals surface area contributed by atoms with Crippen LogP contribution in [0.3, 0.4) is 0 Å². The van der Waals surface area contributed by atoms with Gasteiger partial charge in [0.05, 0.1) is 19.4 Å². The molecule has 0 heterocycles. The van der Waals surface area contributed by atoms with Crippen molar-refractivity contribution in [3.05, 3.63) is 71.0 Å². The molecule has 0 saturated heterocycles. The third-order valence-corrected chi connectivity index (χ3v) is 6.28. The van der Waals surface area contributed by atoms with E-state index in [1.807, 2.05) is 0 Å². The maximum atomic E-state index is 13.4. The standard InChI is InChI=1S/C21H26FN2O5P/c1-3-28-30(27,29-4-2)14-15-8-10-17(11-9-15)21(26)24-19(20(23)25)13-16-6-5-7-18(22)12-16/h5-12,19H,3-4,13-14H2,1-2H3,(H2,23,25)(H,24,26)/t19-/m1/s1. The van der Waals surface area contributed by atoms with Gasteiger partial charge >= 0.3 is 7.60 Å². The first-order chi connectivity index (χ1) is 14.3. The summed E-state index contributed by atoms with van der Waals surface area (Å²) in [6.07, 6.45) is 0.156. The quantitative estimate of drug-likeness (QED) is 0.525. The molecule has 0 fully saturated rings. The predicted molar refractivity (Wildman–Crippen MR) is 112 cm³/mol. The molecule has 0 aliphatic heterocycles. The van der Waals surface area contributed by atoms with E-state index in [9.17, 15) is 18.5 Å². The number of carbonyl (C=O) groups excluding carboxylic acids is 2. The van der Waals surface area contributed by atoms with E-state index in [4.69, 9.17) is 14.8 Å². The summed E-state index contributed by atoms with van der Waals surface area (Å²) < 4.78 is 36.5. The lowest BCUT2D eigenvalue weighted by atomic mass is 10.0. The molecule has 2 aromatic rings. The van der Waals surface area contributed by atoms with E-state index in [0.717, 1.165) is 0 Å². The van der Waals surface area contributed by atoms with E-state index in [-0.39, 0.29) is 25.8 Å². The van der Waals surface area contributed by atoms with Crippen molar-refractivity contribution in [2.45, 2.75) is 32.5 Å². The van der Waals surface area contributed by atoms with Crippen molar-refractivity contribution in [1.82, 2.24) is 5.32 Å². The summed E-state index contributed by atoms with van der Waals surface area (Å²) in [6, 6.07) is 11.1. The predicted octanol–water partition coefficient (Wildman–Crippen LogP) is 3.42. The van der Waals surface area contributed by atoms with Crippen molar-refractivity contribution in [2.75, 3.05) is 13.2 Å². The minimum atomic E-state index is -3.25. The smallest absolute Gasteiger partial charge is 0.335 e. The average molecular weight is 436 g/mol. The van der Waals surface area contributed by atoms with Gasteiger partial charge in [-0.3, -0.25) is 14.2 Å². The number of carbonyl (C=O) groups is 2. The molecule has 162 valence electrons. The van der Waals surface area contributed by atoms with Crippen LogP contribution in [-0.2, 0) is 31.0 Å². The summed E-state index contributed by atoms with van der Waals surface area (Å²) in [5, 5.41) is 2.57. The Kier molecular flexibility index (Phi) is 8.72. The fraction of sp³-hybridized carbons (Fsp3) is 0.333. The van der Waals surface area contributed by atoms with Crippen LogP contribution in [0.1, 0.15) is 35.3 Å². The minimum absolute atomic E-state index is 0.0722. The molecule has 0 saturated carbocycles. The van der Waals surface area contributed by atoms with Gasteiger partial charge in [-0.15, -0.1) is 0 Å². The highest BCUT2D eigenvalue weighted by atomic mass is 31.2. The molecule has 7 nitrogen and oxygen atoms in total. The zero-order chi connectivity index (χ0) is 22.1. The van der Waals surface area contributed by atoms with E-state index < -0.39 is 31.3 Å². The third kappa shape index (κ3) is 7.06. The zero-order valence-electron chi connectivity index (χ0n) is 17.0. The van der Waals surface area contributed by atoms with Crippen LogP contribution in [0, 0.1) is 5.82 Å². The largest absolute Gasteiger partial charge is 0.368 e. The van der Waals surface area contributed by atoms with Gasteiger partial charge in [0.2, 0.25) is 5.91 Å². The number of nitrogens with one attached hydrogen (secondary N) is 1. The molecule has 0 aliphatic carbocycles. The van der Waals surface area contributed by atoms with E-state index >= 15 is 0 Å². The van der Waals surface area contributed by atoms with Gasteiger partial charge in [-0.05, 0) is 49.2 Å². The van der Waals surface area contributed by atoms with E-state index in [1.54, 1.807) is 44.2 Å². The monoisotopic (exact) mass is 436 g/mol. The molecular weight excluding hydrogens is 410 g/mol. The summed E-state index contributed by atoms with van der Waals surface area (Å²) in [7, 11) is -3.25. The first-order valence-corrected chi connectivity index (χ1v) is 11.3. The van der Waals surface area contributed by atoms with Crippen LogP contribution in [0.5, 0.6) is 0 Å². The normalized spacial score (nSPS) is 12.4. The van der Waals surface area contributed by atoms with Crippen LogP contribution in [0.15, 0.2) is 48.5 Å². The molecule has 2 amide bonds. The Hall–Kier alpha value is -2.54. The van der Waals surface area contributed by atoms with Crippen molar-refractivity contribution in [3.8, 4) is 0 Å². The first kappa shape index (κ1) is 23.7. The van der Waals surface area contributed by atoms with Crippen molar-refractivity contribution in [2.24, 2.45) is 5.73 Å². The van der Waals surface area contributed by atoms with Gasteiger partial charge in [-0.2, -0.15) is 0 Å². The molecule has 1 atom stereocenters.